The zero-order chi connectivity index (χ0) is 14.7. The Kier molecular flexibility index (Phi) is 4.86. The van der Waals surface area contributed by atoms with Gasteiger partial charge in [-0.2, -0.15) is 0 Å². The van der Waals surface area contributed by atoms with Crippen LogP contribution < -0.4 is 10.6 Å². The Hall–Kier alpha value is -1.30. The second kappa shape index (κ2) is 6.43. The molecule has 2 amide bonds. The molecule has 106 valence electrons. The molecule has 0 bridgehead atoms. The Morgan fingerprint density at radius 2 is 2.05 bits per heavy atom. The molecule has 0 radical (unpaired) electrons. The molecule has 20 heavy (non-hydrogen) atoms. The summed E-state index contributed by atoms with van der Waals surface area (Å²) in [6.07, 6.45) is 0.233. The number of hydrogen-bond donors (Lipinski definition) is 2. The van der Waals surface area contributed by atoms with Crippen LogP contribution in [0.3, 0.4) is 0 Å². The van der Waals surface area contributed by atoms with E-state index in [4.69, 9.17) is 23.2 Å². The molecule has 0 spiro atoms. The predicted octanol–water partition coefficient (Wildman–Crippen LogP) is 3.07. The highest BCUT2D eigenvalue weighted by Crippen LogP contribution is 2.36. The number of nitrogens with one attached hydrogen (secondary N) is 2. The fraction of sp³-hybridized carbons (Fsp3) is 0.231. The highest BCUT2D eigenvalue weighted by molar-refractivity contribution is 7.21. The first-order valence-electron chi connectivity index (χ1n) is 5.89. The second-order valence-electron chi connectivity index (χ2n) is 4.06. The number of halogens is 2. The van der Waals surface area contributed by atoms with Gasteiger partial charge in [-0.15, -0.1) is 11.3 Å². The highest BCUT2D eigenvalue weighted by Gasteiger charge is 2.17. The molecular weight excluding hydrogens is 319 g/mol. The number of carbonyl (C=O) groups is 2. The third-order valence-electron chi connectivity index (χ3n) is 2.71. The molecule has 1 aromatic heterocycles. The summed E-state index contributed by atoms with van der Waals surface area (Å²) >= 11 is 13.4. The van der Waals surface area contributed by atoms with Crippen molar-refractivity contribution in [2.24, 2.45) is 0 Å². The topological polar surface area (TPSA) is 58.2 Å². The third kappa shape index (κ3) is 3.23. The Bertz CT molecular complexity index is 670. The maximum atomic E-state index is 12.0. The van der Waals surface area contributed by atoms with Gasteiger partial charge in [0.2, 0.25) is 5.91 Å². The van der Waals surface area contributed by atoms with Crippen molar-refractivity contribution in [3.8, 4) is 0 Å². The summed E-state index contributed by atoms with van der Waals surface area (Å²) in [4.78, 5) is 23.5. The summed E-state index contributed by atoms with van der Waals surface area (Å²) in [5.74, 6) is -0.407. The largest absolute Gasteiger partial charge is 0.359 e. The molecule has 0 saturated carbocycles. The number of rotatable bonds is 4. The maximum absolute atomic E-state index is 12.0. The van der Waals surface area contributed by atoms with E-state index in [2.05, 4.69) is 10.6 Å². The average Bonchev–Trinajstić information content (AvgIpc) is 2.75. The minimum absolute atomic E-state index is 0.125. The quantitative estimate of drug-likeness (QED) is 0.905. The van der Waals surface area contributed by atoms with Gasteiger partial charge >= 0.3 is 0 Å². The van der Waals surface area contributed by atoms with Gasteiger partial charge in [0.15, 0.2) is 0 Å². The standard InChI is InChI=1S/C13H12Cl2N2O2S/c1-16-10(18)4-5-17-13(19)12-11(15)8-3-2-7(14)6-9(8)20-12/h2-3,6H,4-5H2,1H3,(H,16,18)(H,17,19). The zero-order valence-corrected chi connectivity index (χ0v) is 13.0. The summed E-state index contributed by atoms with van der Waals surface area (Å²) < 4.78 is 0.860. The van der Waals surface area contributed by atoms with Gasteiger partial charge in [-0.25, -0.2) is 0 Å². The first-order valence-corrected chi connectivity index (χ1v) is 7.46. The normalized spacial score (nSPS) is 10.6. The number of thiophene rings is 1. The van der Waals surface area contributed by atoms with Gasteiger partial charge in [-0.1, -0.05) is 29.3 Å². The van der Waals surface area contributed by atoms with Crippen LogP contribution in [0.1, 0.15) is 16.1 Å². The molecule has 0 aliphatic rings. The minimum atomic E-state index is -0.281. The van der Waals surface area contributed by atoms with Crippen molar-refractivity contribution in [3.63, 3.8) is 0 Å². The van der Waals surface area contributed by atoms with E-state index in [1.54, 1.807) is 25.2 Å². The van der Waals surface area contributed by atoms with Crippen LogP contribution in [-0.4, -0.2) is 25.4 Å². The lowest BCUT2D eigenvalue weighted by Crippen LogP contribution is -2.28. The van der Waals surface area contributed by atoms with Crippen molar-refractivity contribution in [1.29, 1.82) is 0 Å². The van der Waals surface area contributed by atoms with Crippen molar-refractivity contribution < 1.29 is 9.59 Å². The highest BCUT2D eigenvalue weighted by atomic mass is 35.5. The molecule has 0 unspecified atom stereocenters. The number of hydrogen-bond acceptors (Lipinski definition) is 3. The molecule has 0 fully saturated rings. The van der Waals surface area contributed by atoms with E-state index >= 15 is 0 Å². The van der Waals surface area contributed by atoms with E-state index in [0.717, 1.165) is 10.1 Å². The monoisotopic (exact) mass is 330 g/mol. The summed E-state index contributed by atoms with van der Waals surface area (Å²) in [7, 11) is 1.55. The van der Waals surface area contributed by atoms with E-state index < -0.39 is 0 Å². The Morgan fingerprint density at radius 3 is 2.75 bits per heavy atom. The molecule has 0 aliphatic heterocycles. The Balaban J connectivity index is 2.14. The molecule has 2 aromatic rings. The molecule has 0 atom stereocenters. The summed E-state index contributed by atoms with van der Waals surface area (Å²) in [6, 6.07) is 5.29. The van der Waals surface area contributed by atoms with Crippen LogP contribution in [0.25, 0.3) is 10.1 Å². The molecule has 7 heteroatoms. The first-order chi connectivity index (χ1) is 9.52. The minimum Gasteiger partial charge on any atom is -0.359 e. The van der Waals surface area contributed by atoms with Crippen LogP contribution in [0.5, 0.6) is 0 Å². The van der Waals surface area contributed by atoms with Gasteiger partial charge in [-0.3, -0.25) is 9.59 Å². The summed E-state index contributed by atoms with van der Waals surface area (Å²) in [5, 5.41) is 6.98. The van der Waals surface area contributed by atoms with Crippen molar-refractivity contribution in [1.82, 2.24) is 10.6 Å². The van der Waals surface area contributed by atoms with Crippen molar-refractivity contribution in [3.05, 3.63) is 33.1 Å². The van der Waals surface area contributed by atoms with Gasteiger partial charge in [0.05, 0.1) is 5.02 Å². The molecule has 1 aromatic carbocycles. The lowest BCUT2D eigenvalue weighted by Gasteiger charge is -2.03. The van der Waals surface area contributed by atoms with Crippen LogP contribution in [-0.2, 0) is 4.79 Å². The van der Waals surface area contributed by atoms with Crippen LogP contribution >= 0.6 is 34.5 Å². The number of fused-ring (bicyclic) bond motifs is 1. The summed E-state index contributed by atoms with van der Waals surface area (Å²) in [5.41, 5.74) is 0. The molecule has 1 heterocycles. The third-order valence-corrected chi connectivity index (χ3v) is 4.61. The zero-order valence-electron chi connectivity index (χ0n) is 10.6. The first kappa shape index (κ1) is 15.1. The van der Waals surface area contributed by atoms with Gasteiger partial charge in [0, 0.05) is 35.1 Å². The van der Waals surface area contributed by atoms with Crippen LogP contribution in [0.2, 0.25) is 10.0 Å². The predicted molar refractivity (Wildman–Crippen MR) is 82.9 cm³/mol. The van der Waals surface area contributed by atoms with E-state index in [0.29, 0.717) is 14.9 Å². The van der Waals surface area contributed by atoms with E-state index in [9.17, 15) is 9.59 Å². The van der Waals surface area contributed by atoms with E-state index in [1.165, 1.54) is 11.3 Å². The van der Waals surface area contributed by atoms with Crippen molar-refractivity contribution in [2.45, 2.75) is 6.42 Å². The second-order valence-corrected chi connectivity index (χ2v) is 5.93. The lowest BCUT2D eigenvalue weighted by atomic mass is 10.2. The van der Waals surface area contributed by atoms with Gasteiger partial charge < -0.3 is 10.6 Å². The van der Waals surface area contributed by atoms with Crippen molar-refractivity contribution in [2.75, 3.05) is 13.6 Å². The number of benzene rings is 1. The van der Waals surface area contributed by atoms with Crippen LogP contribution in [0.4, 0.5) is 0 Å². The molecule has 4 nitrogen and oxygen atoms in total. The maximum Gasteiger partial charge on any atom is 0.262 e. The number of amides is 2. The van der Waals surface area contributed by atoms with Gasteiger partial charge in [0.25, 0.3) is 5.91 Å². The van der Waals surface area contributed by atoms with E-state index in [1.807, 2.05) is 0 Å². The van der Waals surface area contributed by atoms with Gasteiger partial charge in [-0.05, 0) is 12.1 Å². The SMILES string of the molecule is CNC(=O)CCNC(=O)c1sc2cc(Cl)ccc2c1Cl. The van der Waals surface area contributed by atoms with E-state index in [-0.39, 0.29) is 24.8 Å². The molecule has 2 rings (SSSR count). The van der Waals surface area contributed by atoms with Crippen molar-refractivity contribution >= 4 is 56.4 Å². The molecular formula is C13H12Cl2N2O2S. The Morgan fingerprint density at radius 1 is 1.30 bits per heavy atom. The lowest BCUT2D eigenvalue weighted by molar-refractivity contribution is -0.120. The molecule has 0 aliphatic carbocycles. The van der Waals surface area contributed by atoms with Crippen LogP contribution in [0.15, 0.2) is 18.2 Å². The average molecular weight is 331 g/mol. The van der Waals surface area contributed by atoms with Crippen LogP contribution in [0, 0.1) is 0 Å². The fourth-order valence-corrected chi connectivity index (χ4v) is 3.39. The Labute approximate surface area is 130 Å². The molecule has 0 saturated heterocycles. The fourth-order valence-electron chi connectivity index (χ4n) is 1.68. The van der Waals surface area contributed by atoms with Gasteiger partial charge in [0.1, 0.15) is 4.88 Å². The summed E-state index contributed by atoms with van der Waals surface area (Å²) in [6.45, 7) is 0.268. The number of carbonyl (C=O) groups excluding carboxylic acids is 2. The smallest absolute Gasteiger partial charge is 0.262 e. The molecule has 2 N–H and O–H groups in total.